The highest BCUT2D eigenvalue weighted by molar-refractivity contribution is 7.84. The first-order chi connectivity index (χ1) is 8.88. The number of urea groups is 1. The summed E-state index contributed by atoms with van der Waals surface area (Å²) in [6, 6.07) is 4.41. The van der Waals surface area contributed by atoms with Crippen LogP contribution in [0.15, 0.2) is 18.2 Å². The van der Waals surface area contributed by atoms with Crippen LogP contribution in [-0.2, 0) is 10.8 Å². The van der Waals surface area contributed by atoms with Crippen molar-refractivity contribution >= 4 is 45.7 Å². The molecule has 7 heteroatoms. The molecule has 0 spiro atoms. The Balaban J connectivity index is 2.50. The first kappa shape index (κ1) is 16.3. The van der Waals surface area contributed by atoms with Gasteiger partial charge in [-0.05, 0) is 31.5 Å². The van der Waals surface area contributed by atoms with Gasteiger partial charge in [-0.25, -0.2) is 4.79 Å². The quantitative estimate of drug-likeness (QED) is 0.874. The molecule has 106 valence electrons. The summed E-state index contributed by atoms with van der Waals surface area (Å²) in [6.07, 6.45) is 2.29. The molecule has 0 radical (unpaired) electrons. The zero-order chi connectivity index (χ0) is 14.4. The number of carbonyl (C=O) groups excluding carboxylic acids is 1. The van der Waals surface area contributed by atoms with Gasteiger partial charge in [0.1, 0.15) is 0 Å². The van der Waals surface area contributed by atoms with E-state index in [0.717, 1.165) is 0 Å². The molecule has 0 heterocycles. The van der Waals surface area contributed by atoms with Crippen LogP contribution < -0.4 is 10.6 Å². The molecule has 0 saturated carbocycles. The molecule has 0 saturated heterocycles. The van der Waals surface area contributed by atoms with Crippen molar-refractivity contribution in [1.82, 2.24) is 5.32 Å². The van der Waals surface area contributed by atoms with Gasteiger partial charge in [0.2, 0.25) is 0 Å². The lowest BCUT2D eigenvalue weighted by Gasteiger charge is -2.14. The van der Waals surface area contributed by atoms with Gasteiger partial charge >= 0.3 is 6.03 Å². The minimum atomic E-state index is -0.856. The average molecular weight is 323 g/mol. The van der Waals surface area contributed by atoms with Crippen LogP contribution in [0.2, 0.25) is 10.0 Å². The van der Waals surface area contributed by atoms with Crippen molar-refractivity contribution in [3.05, 3.63) is 28.2 Å². The zero-order valence-electron chi connectivity index (χ0n) is 10.7. The smallest absolute Gasteiger partial charge is 0.319 e. The number of benzene rings is 1. The van der Waals surface area contributed by atoms with E-state index in [-0.39, 0.29) is 12.1 Å². The molecule has 0 aromatic heterocycles. The van der Waals surface area contributed by atoms with Gasteiger partial charge in [0.15, 0.2) is 0 Å². The Morgan fingerprint density at radius 3 is 2.74 bits per heavy atom. The van der Waals surface area contributed by atoms with Crippen molar-refractivity contribution in [2.45, 2.75) is 19.4 Å². The minimum absolute atomic E-state index is 0.0677. The van der Waals surface area contributed by atoms with Crippen LogP contribution in [0.4, 0.5) is 10.5 Å². The fourth-order valence-electron chi connectivity index (χ4n) is 1.39. The molecule has 4 nitrogen and oxygen atoms in total. The Bertz CT molecular complexity index is 483. The van der Waals surface area contributed by atoms with Crippen LogP contribution in [0.1, 0.15) is 13.3 Å². The van der Waals surface area contributed by atoms with Gasteiger partial charge in [-0.1, -0.05) is 23.2 Å². The number of rotatable bonds is 5. The number of anilines is 1. The molecule has 1 aromatic carbocycles. The van der Waals surface area contributed by atoms with Gasteiger partial charge in [-0.3, -0.25) is 4.21 Å². The van der Waals surface area contributed by atoms with Gasteiger partial charge in [0, 0.05) is 33.9 Å². The van der Waals surface area contributed by atoms with Crippen LogP contribution in [0.3, 0.4) is 0 Å². The lowest BCUT2D eigenvalue weighted by atomic mass is 10.2. The second-order valence-electron chi connectivity index (χ2n) is 4.19. The number of amides is 2. The number of nitrogens with one attached hydrogen (secondary N) is 2. The molecule has 0 unspecified atom stereocenters. The molecule has 0 fully saturated rings. The fraction of sp³-hybridized carbons (Fsp3) is 0.417. The summed E-state index contributed by atoms with van der Waals surface area (Å²) in [7, 11) is -0.856. The van der Waals surface area contributed by atoms with Crippen LogP contribution in [0.5, 0.6) is 0 Å². The largest absolute Gasteiger partial charge is 0.335 e. The normalized spacial score (nSPS) is 13.7. The monoisotopic (exact) mass is 322 g/mol. The summed E-state index contributed by atoms with van der Waals surface area (Å²) in [5.74, 6) is 0.555. The predicted molar refractivity (Wildman–Crippen MR) is 81.6 cm³/mol. The third-order valence-corrected chi connectivity index (χ3v) is 3.77. The highest BCUT2D eigenvalue weighted by Crippen LogP contribution is 2.25. The Labute approximate surface area is 125 Å². The maximum Gasteiger partial charge on any atom is 0.319 e. The molecule has 19 heavy (non-hydrogen) atoms. The molecular weight excluding hydrogens is 307 g/mol. The standard InChI is InChI=1S/C12H16Cl2N2O2S/c1-8(5-6-19(2)18)15-12(17)16-11-7-9(13)3-4-10(11)14/h3-4,7-8H,5-6H2,1-2H3,(H2,15,16,17)/t8-,19+/m1/s1. The maximum atomic E-state index is 11.7. The van der Waals surface area contributed by atoms with Crippen molar-refractivity contribution in [2.75, 3.05) is 17.3 Å². The first-order valence-corrected chi connectivity index (χ1v) is 8.19. The van der Waals surface area contributed by atoms with Crippen LogP contribution >= 0.6 is 23.2 Å². The minimum Gasteiger partial charge on any atom is -0.335 e. The summed E-state index contributed by atoms with van der Waals surface area (Å²) in [5, 5.41) is 6.28. The first-order valence-electron chi connectivity index (χ1n) is 5.71. The van der Waals surface area contributed by atoms with Crippen molar-refractivity contribution in [3.63, 3.8) is 0 Å². The highest BCUT2D eigenvalue weighted by atomic mass is 35.5. The number of halogens is 2. The van der Waals surface area contributed by atoms with E-state index in [1.54, 1.807) is 24.5 Å². The third-order valence-electron chi connectivity index (χ3n) is 2.39. The lowest BCUT2D eigenvalue weighted by Crippen LogP contribution is -2.36. The summed E-state index contributed by atoms with van der Waals surface area (Å²) in [6.45, 7) is 1.85. The molecular formula is C12H16Cl2N2O2S. The van der Waals surface area contributed by atoms with Gasteiger partial charge in [-0.15, -0.1) is 0 Å². The number of hydrogen-bond acceptors (Lipinski definition) is 2. The van der Waals surface area contributed by atoms with E-state index >= 15 is 0 Å². The van der Waals surface area contributed by atoms with E-state index in [2.05, 4.69) is 10.6 Å². The van der Waals surface area contributed by atoms with Crippen molar-refractivity contribution < 1.29 is 9.00 Å². The third kappa shape index (κ3) is 6.27. The maximum absolute atomic E-state index is 11.7. The van der Waals surface area contributed by atoms with E-state index in [4.69, 9.17) is 23.2 Å². The topological polar surface area (TPSA) is 58.2 Å². The van der Waals surface area contributed by atoms with E-state index in [9.17, 15) is 9.00 Å². The number of carbonyl (C=O) groups is 1. The van der Waals surface area contributed by atoms with Crippen LogP contribution in [-0.4, -0.2) is 28.3 Å². The summed E-state index contributed by atoms with van der Waals surface area (Å²) >= 11 is 11.8. The van der Waals surface area contributed by atoms with E-state index < -0.39 is 10.8 Å². The molecule has 0 aliphatic rings. The molecule has 2 atom stereocenters. The van der Waals surface area contributed by atoms with E-state index in [1.165, 1.54) is 0 Å². The second-order valence-corrected chi connectivity index (χ2v) is 6.59. The van der Waals surface area contributed by atoms with Gasteiger partial charge in [-0.2, -0.15) is 0 Å². The lowest BCUT2D eigenvalue weighted by molar-refractivity contribution is 0.249. The molecule has 0 aliphatic carbocycles. The highest BCUT2D eigenvalue weighted by Gasteiger charge is 2.10. The molecule has 1 rings (SSSR count). The molecule has 1 aromatic rings. The Morgan fingerprint density at radius 2 is 2.11 bits per heavy atom. The van der Waals surface area contributed by atoms with Crippen molar-refractivity contribution in [2.24, 2.45) is 0 Å². The van der Waals surface area contributed by atoms with Crippen LogP contribution in [0, 0.1) is 0 Å². The molecule has 0 aliphatic heterocycles. The molecule has 2 N–H and O–H groups in total. The van der Waals surface area contributed by atoms with Gasteiger partial charge < -0.3 is 10.6 Å². The Kier molecular flexibility index (Phi) is 6.62. The van der Waals surface area contributed by atoms with Crippen molar-refractivity contribution in [1.29, 1.82) is 0 Å². The summed E-state index contributed by atoms with van der Waals surface area (Å²) in [4.78, 5) is 11.7. The summed E-state index contributed by atoms with van der Waals surface area (Å²) < 4.78 is 11.0. The Morgan fingerprint density at radius 1 is 1.42 bits per heavy atom. The van der Waals surface area contributed by atoms with Crippen molar-refractivity contribution in [3.8, 4) is 0 Å². The predicted octanol–water partition coefficient (Wildman–Crippen LogP) is 3.27. The van der Waals surface area contributed by atoms with Crippen LogP contribution in [0.25, 0.3) is 0 Å². The molecule has 2 amide bonds. The van der Waals surface area contributed by atoms with Gasteiger partial charge in [0.05, 0.1) is 10.7 Å². The Hall–Kier alpha value is -0.780. The SMILES string of the molecule is C[C@H](CC[S@](C)=O)NC(=O)Nc1cc(Cl)ccc1Cl. The fourth-order valence-corrected chi connectivity index (χ4v) is 2.41. The second kappa shape index (κ2) is 7.72. The van der Waals surface area contributed by atoms with E-state index in [0.29, 0.717) is 27.9 Å². The summed E-state index contributed by atoms with van der Waals surface area (Å²) in [5.41, 5.74) is 0.456. The number of hydrogen-bond donors (Lipinski definition) is 2. The average Bonchev–Trinajstić information content (AvgIpc) is 2.31. The van der Waals surface area contributed by atoms with E-state index in [1.807, 2.05) is 6.92 Å². The van der Waals surface area contributed by atoms with Gasteiger partial charge in [0.25, 0.3) is 0 Å². The zero-order valence-corrected chi connectivity index (χ0v) is 13.0. The molecule has 0 bridgehead atoms.